The highest BCUT2D eigenvalue weighted by Gasteiger charge is 2.30. The molecule has 3 aromatic heterocycles. The predicted octanol–water partition coefficient (Wildman–Crippen LogP) is 20.7. The summed E-state index contributed by atoms with van der Waals surface area (Å²) in [6.45, 7) is 14.4. The van der Waals surface area contributed by atoms with Gasteiger partial charge in [-0.3, -0.25) is 9.80 Å². The first-order chi connectivity index (χ1) is 37.3. The van der Waals surface area contributed by atoms with Gasteiger partial charge in [-0.25, -0.2) is 0 Å². The maximum atomic E-state index is 5.75. The first-order valence-electron chi connectivity index (χ1n) is 28.9. The summed E-state index contributed by atoms with van der Waals surface area (Å²) in [5.74, 6) is 1.59. The van der Waals surface area contributed by atoms with Crippen LogP contribution in [0.25, 0.3) is 30.6 Å². The van der Waals surface area contributed by atoms with Crippen molar-refractivity contribution in [3.63, 3.8) is 0 Å². The van der Waals surface area contributed by atoms with Crippen molar-refractivity contribution in [3.05, 3.63) is 145 Å². The lowest BCUT2D eigenvalue weighted by Crippen LogP contribution is -2.45. The van der Waals surface area contributed by atoms with Crippen molar-refractivity contribution < 1.29 is 0 Å². The zero-order valence-corrected chi connectivity index (χ0v) is 50.8. The van der Waals surface area contributed by atoms with E-state index in [0.717, 1.165) is 60.5 Å². The molecule has 0 saturated heterocycles. The van der Waals surface area contributed by atoms with Crippen LogP contribution in [-0.4, -0.2) is 48.7 Å². The third kappa shape index (κ3) is 15.9. The molecule has 3 heterocycles. The van der Waals surface area contributed by atoms with Crippen LogP contribution in [0.2, 0.25) is 0 Å². The summed E-state index contributed by atoms with van der Waals surface area (Å²) in [6.07, 6.45) is 24.5. The Morgan fingerprint density at radius 2 is 0.803 bits per heavy atom. The Labute approximate surface area is 483 Å². The normalized spacial score (nSPS) is 15.2. The summed E-state index contributed by atoms with van der Waals surface area (Å²) >= 11 is 22.3. The van der Waals surface area contributed by atoms with Crippen LogP contribution in [0.3, 0.4) is 0 Å². The summed E-state index contributed by atoms with van der Waals surface area (Å²) in [7, 11) is 0. The van der Waals surface area contributed by atoms with Crippen LogP contribution in [0.15, 0.2) is 133 Å². The van der Waals surface area contributed by atoms with Crippen molar-refractivity contribution in [3.8, 4) is 0 Å². The van der Waals surface area contributed by atoms with Crippen molar-refractivity contribution in [2.45, 2.75) is 175 Å². The smallest absolute Gasteiger partial charge is 0.163 e. The van der Waals surface area contributed by atoms with Gasteiger partial charge in [0.1, 0.15) is 6.67 Å². The Morgan fingerprint density at radius 1 is 0.447 bits per heavy atom. The minimum Gasteiger partial charge on any atom is -0.323 e. The Balaban J connectivity index is 0.000000151. The van der Waals surface area contributed by atoms with Gasteiger partial charge >= 0.3 is 0 Å². The molecule has 10 rings (SSSR count). The van der Waals surface area contributed by atoms with Crippen LogP contribution < -0.4 is 4.90 Å². The van der Waals surface area contributed by atoms with Crippen LogP contribution in [0.4, 0.5) is 11.4 Å². The van der Waals surface area contributed by atoms with Crippen LogP contribution in [0.5, 0.6) is 0 Å². The SMILES string of the molecule is CCCCC(CC)CN(CC(CC)CCCC)Cn1c(=S)sc2ccccc21.S=c1sc2ccccc2n1CN(C1CCCCC1)C1CCCCC1.S=c1sc2ccccc2n1CN(c1ccccc1)c1ccccc1. The molecule has 0 aliphatic heterocycles. The lowest BCUT2D eigenvalue weighted by atomic mass is 9.89. The molecule has 0 amide bonds. The van der Waals surface area contributed by atoms with Gasteiger partial charge < -0.3 is 18.6 Å². The number of unbranched alkanes of at least 4 members (excludes halogenated alkanes) is 2. The van der Waals surface area contributed by atoms with Gasteiger partial charge in [0.25, 0.3) is 0 Å². The first-order valence-corrected chi connectivity index (χ1v) is 32.6. The van der Waals surface area contributed by atoms with Gasteiger partial charge in [0, 0.05) is 36.5 Å². The fraction of sp³-hybridized carbons (Fsp3) is 0.484. The van der Waals surface area contributed by atoms with E-state index in [1.807, 2.05) is 12.1 Å². The zero-order chi connectivity index (χ0) is 53.1. The van der Waals surface area contributed by atoms with Gasteiger partial charge in [-0.2, -0.15) is 0 Å². The van der Waals surface area contributed by atoms with E-state index >= 15 is 0 Å². The van der Waals surface area contributed by atoms with E-state index in [2.05, 4.69) is 177 Å². The van der Waals surface area contributed by atoms with Gasteiger partial charge in [0.2, 0.25) is 0 Å². The molecule has 12 heteroatoms. The van der Waals surface area contributed by atoms with Crippen molar-refractivity contribution >= 4 is 113 Å². The molecule has 6 nitrogen and oxygen atoms in total. The number of para-hydroxylation sites is 5. The molecule has 2 aliphatic rings. The Hall–Kier alpha value is -3.85. The standard InChI is InChI=1S/C24H40N2S2.C20H28N2S2.C20H16N2S2/c1-5-9-13-20(7-3)17-25(18-21(8-4)14-10-6-2)19-26-22-15-11-12-16-23(22)28-24(26)27;2*23-20-22(18-13-7-8-14-19(18)24-20)15-21(16-9-3-1-4-10-16)17-11-5-2-6-12-17/h11-12,15-16,20-21H,5-10,13-14,17-19H2,1-4H3;7-8,13-14,16-17H,1-6,9-12,15H2;1-14H,15H2. The first kappa shape index (κ1) is 58.3. The second-order valence-electron chi connectivity index (χ2n) is 21.3. The largest absolute Gasteiger partial charge is 0.323 e. The third-order valence-corrected chi connectivity index (χ3v) is 20.3. The van der Waals surface area contributed by atoms with E-state index in [1.165, 1.54) is 159 Å². The third-order valence-electron chi connectivity index (χ3n) is 16.0. The molecule has 2 aliphatic carbocycles. The minimum absolute atomic E-state index is 0.691. The number of rotatable bonds is 22. The molecule has 0 radical (unpaired) electrons. The van der Waals surface area contributed by atoms with E-state index in [9.17, 15) is 0 Å². The van der Waals surface area contributed by atoms with Crippen molar-refractivity contribution in [2.75, 3.05) is 18.0 Å². The second-order valence-corrected chi connectivity index (χ2v) is 26.3. The highest BCUT2D eigenvalue weighted by atomic mass is 32.2. The summed E-state index contributed by atoms with van der Waals surface area (Å²) < 4.78 is 13.8. The van der Waals surface area contributed by atoms with E-state index in [4.69, 9.17) is 36.7 Å². The minimum atomic E-state index is 0.691. The summed E-state index contributed by atoms with van der Waals surface area (Å²) in [5, 5.41) is 0. The molecule has 0 bridgehead atoms. The van der Waals surface area contributed by atoms with Crippen LogP contribution >= 0.6 is 70.7 Å². The molecule has 76 heavy (non-hydrogen) atoms. The van der Waals surface area contributed by atoms with Gasteiger partial charge in [0.05, 0.1) is 44.0 Å². The number of thiazole rings is 3. The number of nitrogens with zero attached hydrogens (tertiary/aromatic N) is 6. The molecule has 2 unspecified atom stereocenters. The monoisotopic (exact) mass is 1130 g/mol. The Kier molecular flexibility index (Phi) is 23.4. The van der Waals surface area contributed by atoms with Gasteiger partial charge in [-0.1, -0.05) is 178 Å². The number of anilines is 2. The Bertz CT molecular complexity index is 3040. The van der Waals surface area contributed by atoms with Gasteiger partial charge in [0.15, 0.2) is 11.9 Å². The fourth-order valence-electron chi connectivity index (χ4n) is 11.6. The van der Waals surface area contributed by atoms with Gasteiger partial charge in [-0.05, 0) is 148 Å². The molecule has 2 atom stereocenters. The number of hydrogen-bond acceptors (Lipinski definition) is 9. The molecule has 406 valence electrons. The number of aromatic nitrogens is 3. The van der Waals surface area contributed by atoms with Crippen molar-refractivity contribution in [1.29, 1.82) is 0 Å². The molecule has 2 saturated carbocycles. The molecule has 5 aromatic carbocycles. The average molecular weight is 1130 g/mol. The summed E-state index contributed by atoms with van der Waals surface area (Å²) in [4.78, 5) is 7.84. The maximum Gasteiger partial charge on any atom is 0.163 e. The predicted molar refractivity (Wildman–Crippen MR) is 341 cm³/mol. The highest BCUT2D eigenvalue weighted by molar-refractivity contribution is 7.74. The lowest BCUT2D eigenvalue weighted by Gasteiger charge is -2.41. The van der Waals surface area contributed by atoms with E-state index in [0.29, 0.717) is 6.67 Å². The van der Waals surface area contributed by atoms with E-state index < -0.39 is 0 Å². The van der Waals surface area contributed by atoms with Crippen LogP contribution in [0.1, 0.15) is 143 Å². The fourth-order valence-corrected chi connectivity index (χ4v) is 15.5. The molecular formula is C64H84N6S6. The molecule has 0 N–H and O–H groups in total. The molecule has 0 spiro atoms. The summed E-state index contributed by atoms with van der Waals surface area (Å²) in [6, 6.07) is 48.2. The number of hydrogen-bond donors (Lipinski definition) is 0. The lowest BCUT2D eigenvalue weighted by molar-refractivity contribution is 0.0516. The topological polar surface area (TPSA) is 24.5 Å². The molecular weight excluding hydrogens is 1050 g/mol. The van der Waals surface area contributed by atoms with Crippen molar-refractivity contribution in [1.82, 2.24) is 23.5 Å². The highest BCUT2D eigenvalue weighted by Crippen LogP contribution is 2.34. The molecule has 2 fully saturated rings. The van der Waals surface area contributed by atoms with E-state index in [-0.39, 0.29) is 0 Å². The molecule has 8 aromatic rings. The second kappa shape index (κ2) is 30.5. The number of fused-ring (bicyclic) bond motifs is 3. The van der Waals surface area contributed by atoms with E-state index in [1.54, 1.807) is 34.0 Å². The zero-order valence-electron chi connectivity index (χ0n) is 45.9. The quantitative estimate of drug-likeness (QED) is 0.0627. The van der Waals surface area contributed by atoms with Crippen LogP contribution in [0, 0.1) is 23.7 Å². The number of benzene rings is 5. The average Bonchev–Trinajstić information content (AvgIpc) is 4.10. The van der Waals surface area contributed by atoms with Gasteiger partial charge in [-0.15, -0.1) is 34.0 Å². The van der Waals surface area contributed by atoms with Crippen LogP contribution in [-0.2, 0) is 20.0 Å². The van der Waals surface area contributed by atoms with Crippen molar-refractivity contribution in [2.24, 2.45) is 11.8 Å². The Morgan fingerprint density at radius 3 is 1.18 bits per heavy atom. The maximum absolute atomic E-state index is 5.75. The summed E-state index contributed by atoms with van der Waals surface area (Å²) in [5.41, 5.74) is 6.11.